The Morgan fingerprint density at radius 2 is 1.96 bits per heavy atom. The number of methoxy groups -OCH3 is 1. The molecule has 1 aromatic rings. The van der Waals surface area contributed by atoms with Crippen LogP contribution in [0.1, 0.15) is 25.3 Å². The van der Waals surface area contributed by atoms with Gasteiger partial charge in [-0.2, -0.15) is 0 Å². The van der Waals surface area contributed by atoms with Gasteiger partial charge in [-0.05, 0) is 25.8 Å². The largest absolute Gasteiger partial charge is 0.496 e. The smallest absolute Gasteiger partial charge is 0.244 e. The molecule has 1 fully saturated rings. The van der Waals surface area contributed by atoms with Crippen LogP contribution in [0.25, 0.3) is 0 Å². The quantitative estimate of drug-likeness (QED) is 0.638. The van der Waals surface area contributed by atoms with Crippen LogP contribution in [0, 0.1) is 0 Å². The van der Waals surface area contributed by atoms with Crippen LogP contribution in [0.2, 0.25) is 0 Å². The standard InChI is InChI=1S/C20H26N2O3/c1-3-4-5-10-19(23)21-17-11-13-22(14-12-17)20(24)15-16-8-6-7-9-18(16)25-2/h3-10,17H,11-15H2,1-2H3,(H,21,23)/b4-3+,10-5-. The molecular formula is C20H26N2O3. The maximum Gasteiger partial charge on any atom is 0.244 e. The fourth-order valence-corrected chi connectivity index (χ4v) is 2.90. The lowest BCUT2D eigenvalue weighted by Gasteiger charge is -2.32. The number of benzene rings is 1. The van der Waals surface area contributed by atoms with Gasteiger partial charge in [0.05, 0.1) is 13.5 Å². The van der Waals surface area contributed by atoms with Crippen LogP contribution in [0.15, 0.2) is 48.6 Å². The predicted molar refractivity (Wildman–Crippen MR) is 98.4 cm³/mol. The van der Waals surface area contributed by atoms with Crippen LogP contribution >= 0.6 is 0 Å². The van der Waals surface area contributed by atoms with E-state index in [0.29, 0.717) is 19.5 Å². The Kier molecular flexibility index (Phi) is 7.26. The first-order valence-electron chi connectivity index (χ1n) is 8.63. The van der Waals surface area contributed by atoms with Crippen LogP contribution in [-0.4, -0.2) is 43.0 Å². The second kappa shape index (κ2) is 9.67. The van der Waals surface area contributed by atoms with Crippen molar-refractivity contribution >= 4 is 11.8 Å². The number of ether oxygens (including phenoxy) is 1. The van der Waals surface area contributed by atoms with Crippen molar-refractivity contribution in [3.8, 4) is 5.75 Å². The molecule has 134 valence electrons. The lowest BCUT2D eigenvalue weighted by Crippen LogP contribution is -2.46. The Morgan fingerprint density at radius 1 is 1.24 bits per heavy atom. The molecule has 1 aromatic carbocycles. The number of hydrogen-bond acceptors (Lipinski definition) is 3. The number of amides is 2. The molecule has 0 atom stereocenters. The van der Waals surface area contributed by atoms with Gasteiger partial charge in [0.1, 0.15) is 5.75 Å². The zero-order chi connectivity index (χ0) is 18.1. The normalized spacial score (nSPS) is 15.7. The van der Waals surface area contributed by atoms with Crippen molar-refractivity contribution in [1.82, 2.24) is 10.2 Å². The first kappa shape index (κ1) is 18.8. The number of nitrogens with zero attached hydrogens (tertiary/aromatic N) is 1. The summed E-state index contributed by atoms with van der Waals surface area (Å²) in [5, 5.41) is 2.99. The van der Waals surface area contributed by atoms with Crippen molar-refractivity contribution in [1.29, 1.82) is 0 Å². The van der Waals surface area contributed by atoms with Crippen molar-refractivity contribution in [3.63, 3.8) is 0 Å². The van der Waals surface area contributed by atoms with Crippen LogP contribution in [-0.2, 0) is 16.0 Å². The summed E-state index contributed by atoms with van der Waals surface area (Å²) in [5.74, 6) is 0.755. The minimum atomic E-state index is -0.0862. The summed E-state index contributed by atoms with van der Waals surface area (Å²) in [7, 11) is 1.61. The van der Waals surface area contributed by atoms with Gasteiger partial charge in [0.2, 0.25) is 11.8 Å². The molecule has 0 aromatic heterocycles. The molecular weight excluding hydrogens is 316 g/mol. The molecule has 0 bridgehead atoms. The van der Waals surface area contributed by atoms with E-state index in [2.05, 4.69) is 5.32 Å². The highest BCUT2D eigenvalue weighted by Gasteiger charge is 2.24. The SMILES string of the molecule is C/C=C/C=C\C(=O)NC1CCN(C(=O)Cc2ccccc2OC)CC1. The van der Waals surface area contributed by atoms with Crippen LogP contribution < -0.4 is 10.1 Å². The second-order valence-corrected chi connectivity index (χ2v) is 6.04. The molecule has 0 aliphatic carbocycles. The zero-order valence-electron chi connectivity index (χ0n) is 14.9. The summed E-state index contributed by atoms with van der Waals surface area (Å²) >= 11 is 0. The number of allylic oxidation sites excluding steroid dienone is 3. The van der Waals surface area contributed by atoms with Crippen LogP contribution in [0.3, 0.4) is 0 Å². The third-order valence-corrected chi connectivity index (χ3v) is 4.28. The topological polar surface area (TPSA) is 58.6 Å². The number of carbonyl (C=O) groups is 2. The predicted octanol–water partition coefficient (Wildman–Crippen LogP) is 2.48. The summed E-state index contributed by atoms with van der Waals surface area (Å²) < 4.78 is 5.31. The van der Waals surface area contributed by atoms with E-state index >= 15 is 0 Å². The molecule has 1 N–H and O–H groups in total. The average Bonchev–Trinajstić information content (AvgIpc) is 2.63. The summed E-state index contributed by atoms with van der Waals surface area (Å²) in [6.07, 6.45) is 8.84. The molecule has 25 heavy (non-hydrogen) atoms. The number of likely N-dealkylation sites (tertiary alicyclic amines) is 1. The van der Waals surface area contributed by atoms with E-state index in [0.717, 1.165) is 24.2 Å². The molecule has 1 aliphatic heterocycles. The van der Waals surface area contributed by atoms with Gasteiger partial charge in [0.15, 0.2) is 0 Å². The molecule has 0 unspecified atom stereocenters. The lowest BCUT2D eigenvalue weighted by molar-refractivity contribution is -0.131. The van der Waals surface area contributed by atoms with E-state index in [9.17, 15) is 9.59 Å². The fourth-order valence-electron chi connectivity index (χ4n) is 2.90. The highest BCUT2D eigenvalue weighted by molar-refractivity contribution is 5.88. The molecule has 0 spiro atoms. The van der Waals surface area contributed by atoms with E-state index in [1.165, 1.54) is 6.08 Å². The van der Waals surface area contributed by atoms with Gasteiger partial charge >= 0.3 is 0 Å². The fraction of sp³-hybridized carbons (Fsp3) is 0.400. The molecule has 2 amide bonds. The van der Waals surface area contributed by atoms with Gasteiger partial charge < -0.3 is 15.0 Å². The first-order valence-corrected chi connectivity index (χ1v) is 8.63. The van der Waals surface area contributed by atoms with Crippen molar-refractivity contribution < 1.29 is 14.3 Å². The van der Waals surface area contributed by atoms with Gasteiger partial charge in [-0.25, -0.2) is 0 Å². The van der Waals surface area contributed by atoms with Crippen molar-refractivity contribution in [2.75, 3.05) is 20.2 Å². The van der Waals surface area contributed by atoms with Crippen LogP contribution in [0.5, 0.6) is 5.75 Å². The minimum absolute atomic E-state index is 0.0862. The van der Waals surface area contributed by atoms with E-state index < -0.39 is 0 Å². The molecule has 5 nitrogen and oxygen atoms in total. The Balaban J connectivity index is 1.81. The van der Waals surface area contributed by atoms with Crippen molar-refractivity contribution in [2.24, 2.45) is 0 Å². The molecule has 2 rings (SSSR count). The van der Waals surface area contributed by atoms with E-state index in [-0.39, 0.29) is 17.9 Å². The number of piperidine rings is 1. The Hall–Kier alpha value is -2.56. The number of rotatable bonds is 6. The molecule has 5 heteroatoms. The monoisotopic (exact) mass is 342 g/mol. The summed E-state index contributed by atoms with van der Waals surface area (Å²) in [4.78, 5) is 26.2. The van der Waals surface area contributed by atoms with E-state index in [1.54, 1.807) is 13.2 Å². The van der Waals surface area contributed by atoms with E-state index in [1.807, 2.05) is 48.2 Å². The third kappa shape index (κ3) is 5.78. The number of carbonyl (C=O) groups excluding carboxylic acids is 2. The minimum Gasteiger partial charge on any atom is -0.496 e. The van der Waals surface area contributed by atoms with Gasteiger partial charge in [-0.15, -0.1) is 0 Å². The molecule has 1 aliphatic rings. The van der Waals surface area contributed by atoms with Crippen LogP contribution in [0.4, 0.5) is 0 Å². The van der Waals surface area contributed by atoms with E-state index in [4.69, 9.17) is 4.74 Å². The number of hydrogen-bond donors (Lipinski definition) is 1. The molecule has 0 radical (unpaired) electrons. The number of para-hydroxylation sites is 1. The Labute approximate surface area is 149 Å². The van der Waals surface area contributed by atoms with Gasteiger partial charge in [-0.3, -0.25) is 9.59 Å². The lowest BCUT2D eigenvalue weighted by atomic mass is 10.0. The summed E-state index contributed by atoms with van der Waals surface area (Å²) in [5.41, 5.74) is 0.902. The first-order chi connectivity index (χ1) is 12.1. The second-order valence-electron chi connectivity index (χ2n) is 6.04. The maximum absolute atomic E-state index is 12.5. The molecule has 1 saturated heterocycles. The highest BCUT2D eigenvalue weighted by Crippen LogP contribution is 2.19. The van der Waals surface area contributed by atoms with Crippen molar-refractivity contribution in [3.05, 3.63) is 54.1 Å². The Bertz CT molecular complexity index is 644. The van der Waals surface area contributed by atoms with Gasteiger partial charge in [0.25, 0.3) is 0 Å². The average molecular weight is 342 g/mol. The maximum atomic E-state index is 12.5. The third-order valence-electron chi connectivity index (χ3n) is 4.28. The van der Waals surface area contributed by atoms with Gasteiger partial charge in [-0.1, -0.05) is 36.4 Å². The summed E-state index contributed by atoms with van der Waals surface area (Å²) in [6.45, 7) is 3.23. The van der Waals surface area contributed by atoms with Gasteiger partial charge in [0, 0.05) is 30.8 Å². The Morgan fingerprint density at radius 3 is 2.64 bits per heavy atom. The molecule has 1 heterocycles. The zero-order valence-corrected chi connectivity index (χ0v) is 14.9. The molecule has 0 saturated carbocycles. The summed E-state index contributed by atoms with van der Waals surface area (Å²) in [6, 6.07) is 7.71. The highest BCUT2D eigenvalue weighted by atomic mass is 16.5. The number of nitrogens with one attached hydrogen (secondary N) is 1. The van der Waals surface area contributed by atoms with Crippen molar-refractivity contribution in [2.45, 2.75) is 32.2 Å².